The van der Waals surface area contributed by atoms with E-state index < -0.39 is 5.60 Å². The first-order valence-electron chi connectivity index (χ1n) is 8.56. The number of anilines is 1. The third kappa shape index (κ3) is 5.61. The summed E-state index contributed by atoms with van der Waals surface area (Å²) >= 11 is 0. The molecular weight excluding hydrogens is 314 g/mol. The van der Waals surface area contributed by atoms with E-state index in [-0.39, 0.29) is 5.91 Å². The number of methoxy groups -OCH3 is 1. The van der Waals surface area contributed by atoms with Crippen LogP contribution < -0.4 is 10.1 Å². The molecule has 0 aliphatic rings. The number of rotatable bonds is 8. The Balaban J connectivity index is 1.94. The standard InChI is InChI=1S/C21H27NO3/c1-16(2)14-21(3,24-4)20(23)22-18-10-12-19(13-11-18)25-15-17-8-6-5-7-9-17/h5-13,16H,14-15H2,1-4H3,(H,22,23)/t21-/m0/s1. The van der Waals surface area contributed by atoms with Crippen molar-refractivity contribution < 1.29 is 14.3 Å². The van der Waals surface area contributed by atoms with Gasteiger partial charge in [0.15, 0.2) is 0 Å². The lowest BCUT2D eigenvalue weighted by atomic mass is 9.93. The van der Waals surface area contributed by atoms with Crippen LogP contribution >= 0.6 is 0 Å². The highest BCUT2D eigenvalue weighted by Gasteiger charge is 2.33. The lowest BCUT2D eigenvalue weighted by Gasteiger charge is -2.28. The first-order valence-corrected chi connectivity index (χ1v) is 8.56. The fourth-order valence-corrected chi connectivity index (χ4v) is 2.69. The zero-order valence-corrected chi connectivity index (χ0v) is 15.4. The molecule has 0 bridgehead atoms. The van der Waals surface area contributed by atoms with Crippen LogP contribution in [0.4, 0.5) is 5.69 Å². The average molecular weight is 341 g/mol. The molecule has 2 aromatic carbocycles. The Morgan fingerprint density at radius 3 is 2.28 bits per heavy atom. The highest BCUT2D eigenvalue weighted by Crippen LogP contribution is 2.23. The average Bonchev–Trinajstić information content (AvgIpc) is 2.61. The first-order chi connectivity index (χ1) is 11.9. The number of hydrogen-bond donors (Lipinski definition) is 1. The van der Waals surface area contributed by atoms with Crippen LogP contribution in [0.25, 0.3) is 0 Å². The summed E-state index contributed by atoms with van der Waals surface area (Å²) in [6.45, 7) is 6.48. The summed E-state index contributed by atoms with van der Waals surface area (Å²) in [4.78, 5) is 12.5. The predicted molar refractivity (Wildman–Crippen MR) is 101 cm³/mol. The number of benzene rings is 2. The number of hydrogen-bond acceptors (Lipinski definition) is 3. The Bertz CT molecular complexity index is 667. The molecule has 4 heteroatoms. The largest absolute Gasteiger partial charge is 0.489 e. The van der Waals surface area contributed by atoms with E-state index in [1.54, 1.807) is 7.11 Å². The van der Waals surface area contributed by atoms with E-state index in [2.05, 4.69) is 19.2 Å². The second-order valence-electron chi connectivity index (χ2n) is 6.79. The van der Waals surface area contributed by atoms with Crippen molar-refractivity contribution in [1.29, 1.82) is 0 Å². The molecule has 0 aromatic heterocycles. The van der Waals surface area contributed by atoms with Gasteiger partial charge in [-0.1, -0.05) is 44.2 Å². The summed E-state index contributed by atoms with van der Waals surface area (Å²) in [5.41, 5.74) is 1.00. The zero-order valence-electron chi connectivity index (χ0n) is 15.4. The van der Waals surface area contributed by atoms with Crippen molar-refractivity contribution in [3.63, 3.8) is 0 Å². The van der Waals surface area contributed by atoms with Crippen LogP contribution in [0, 0.1) is 5.92 Å². The fourth-order valence-electron chi connectivity index (χ4n) is 2.69. The summed E-state index contributed by atoms with van der Waals surface area (Å²) in [7, 11) is 1.57. The van der Waals surface area contributed by atoms with E-state index in [0.717, 1.165) is 17.0 Å². The minimum Gasteiger partial charge on any atom is -0.489 e. The molecule has 1 N–H and O–H groups in total. The first kappa shape index (κ1) is 19.0. The molecule has 134 valence electrons. The third-order valence-electron chi connectivity index (χ3n) is 4.09. The Morgan fingerprint density at radius 2 is 1.72 bits per heavy atom. The molecule has 0 aliphatic carbocycles. The second-order valence-corrected chi connectivity index (χ2v) is 6.79. The summed E-state index contributed by atoms with van der Waals surface area (Å²) < 4.78 is 11.2. The molecule has 25 heavy (non-hydrogen) atoms. The molecule has 0 saturated carbocycles. The van der Waals surface area contributed by atoms with Gasteiger partial charge in [0.1, 0.15) is 18.0 Å². The van der Waals surface area contributed by atoms with Gasteiger partial charge in [-0.05, 0) is 49.1 Å². The molecule has 1 amide bonds. The fraction of sp³-hybridized carbons (Fsp3) is 0.381. The molecule has 2 aromatic rings. The van der Waals surface area contributed by atoms with Gasteiger partial charge >= 0.3 is 0 Å². The van der Waals surface area contributed by atoms with E-state index in [1.165, 1.54) is 0 Å². The van der Waals surface area contributed by atoms with Gasteiger partial charge in [-0.15, -0.1) is 0 Å². The maximum absolute atomic E-state index is 12.5. The van der Waals surface area contributed by atoms with Crippen molar-refractivity contribution >= 4 is 11.6 Å². The third-order valence-corrected chi connectivity index (χ3v) is 4.09. The van der Waals surface area contributed by atoms with Crippen molar-refractivity contribution in [2.45, 2.75) is 39.4 Å². The number of amides is 1. The number of nitrogens with one attached hydrogen (secondary N) is 1. The molecule has 0 spiro atoms. The molecule has 0 unspecified atom stereocenters. The van der Waals surface area contributed by atoms with Crippen molar-refractivity contribution in [2.24, 2.45) is 5.92 Å². The van der Waals surface area contributed by atoms with Crippen LogP contribution in [0.15, 0.2) is 54.6 Å². The molecule has 1 atom stereocenters. The zero-order chi connectivity index (χ0) is 18.3. The summed E-state index contributed by atoms with van der Waals surface area (Å²) in [6, 6.07) is 17.4. The smallest absolute Gasteiger partial charge is 0.256 e. The SMILES string of the molecule is CO[C@@](C)(CC(C)C)C(=O)Nc1ccc(OCc2ccccc2)cc1. The van der Waals surface area contributed by atoms with Crippen LogP contribution in [0.2, 0.25) is 0 Å². The van der Waals surface area contributed by atoms with E-state index in [0.29, 0.717) is 18.9 Å². The molecule has 0 saturated heterocycles. The van der Waals surface area contributed by atoms with E-state index >= 15 is 0 Å². The van der Waals surface area contributed by atoms with Gasteiger partial charge in [0.2, 0.25) is 0 Å². The monoisotopic (exact) mass is 341 g/mol. The van der Waals surface area contributed by atoms with Gasteiger partial charge in [-0.2, -0.15) is 0 Å². The minimum absolute atomic E-state index is 0.137. The molecule has 4 nitrogen and oxygen atoms in total. The van der Waals surface area contributed by atoms with Crippen LogP contribution in [0.3, 0.4) is 0 Å². The second kappa shape index (κ2) is 8.67. The van der Waals surface area contributed by atoms with Gasteiger partial charge < -0.3 is 14.8 Å². The van der Waals surface area contributed by atoms with E-state index in [4.69, 9.17) is 9.47 Å². The number of ether oxygens (including phenoxy) is 2. The molecule has 2 rings (SSSR count). The molecular formula is C21H27NO3. The van der Waals surface area contributed by atoms with Crippen LogP contribution in [0.5, 0.6) is 5.75 Å². The van der Waals surface area contributed by atoms with Gasteiger partial charge in [0.05, 0.1) is 0 Å². The Hall–Kier alpha value is -2.33. The number of carbonyl (C=O) groups is 1. The maximum Gasteiger partial charge on any atom is 0.256 e. The maximum atomic E-state index is 12.5. The number of carbonyl (C=O) groups excluding carboxylic acids is 1. The molecule has 0 fully saturated rings. The van der Waals surface area contributed by atoms with Gasteiger partial charge in [0, 0.05) is 12.8 Å². The van der Waals surface area contributed by atoms with E-state index in [9.17, 15) is 4.79 Å². The van der Waals surface area contributed by atoms with Crippen molar-refractivity contribution in [3.8, 4) is 5.75 Å². The molecule has 0 radical (unpaired) electrons. The van der Waals surface area contributed by atoms with Crippen molar-refractivity contribution in [3.05, 3.63) is 60.2 Å². The highest BCUT2D eigenvalue weighted by molar-refractivity contribution is 5.97. The highest BCUT2D eigenvalue weighted by atomic mass is 16.5. The van der Waals surface area contributed by atoms with Crippen LogP contribution in [-0.2, 0) is 16.1 Å². The quantitative estimate of drug-likeness (QED) is 0.760. The summed E-state index contributed by atoms with van der Waals surface area (Å²) in [6.07, 6.45) is 0.660. The van der Waals surface area contributed by atoms with Gasteiger partial charge in [0.25, 0.3) is 5.91 Å². The van der Waals surface area contributed by atoms with Crippen LogP contribution in [-0.4, -0.2) is 18.6 Å². The lowest BCUT2D eigenvalue weighted by molar-refractivity contribution is -0.137. The summed E-state index contributed by atoms with van der Waals surface area (Å²) in [5.74, 6) is 0.990. The summed E-state index contributed by atoms with van der Waals surface area (Å²) in [5, 5.41) is 2.92. The topological polar surface area (TPSA) is 47.6 Å². The Kier molecular flexibility index (Phi) is 6.59. The lowest BCUT2D eigenvalue weighted by Crippen LogP contribution is -2.43. The van der Waals surface area contributed by atoms with Gasteiger partial charge in [-0.25, -0.2) is 0 Å². The normalized spacial score (nSPS) is 13.3. The Labute approximate surface area is 150 Å². The van der Waals surface area contributed by atoms with Crippen molar-refractivity contribution in [1.82, 2.24) is 0 Å². The predicted octanol–water partition coefficient (Wildman–Crippen LogP) is 4.66. The van der Waals surface area contributed by atoms with Crippen LogP contribution in [0.1, 0.15) is 32.8 Å². The minimum atomic E-state index is -0.837. The molecule has 0 aliphatic heterocycles. The molecule has 0 heterocycles. The van der Waals surface area contributed by atoms with Crippen molar-refractivity contribution in [2.75, 3.05) is 12.4 Å². The Morgan fingerprint density at radius 1 is 1.08 bits per heavy atom. The van der Waals surface area contributed by atoms with Gasteiger partial charge in [-0.3, -0.25) is 4.79 Å². The van der Waals surface area contributed by atoms with E-state index in [1.807, 2.05) is 61.5 Å².